The van der Waals surface area contributed by atoms with Crippen LogP contribution in [0.5, 0.6) is 0 Å². The first kappa shape index (κ1) is 54.3. The van der Waals surface area contributed by atoms with Gasteiger partial charge in [-0.2, -0.15) is 0 Å². The molecule has 2 heteroatoms. The molecular formula is C90H62N2. The molecule has 0 aromatic heterocycles. The number of para-hydroxylation sites is 2. The lowest BCUT2D eigenvalue weighted by Gasteiger charge is -2.34. The highest BCUT2D eigenvalue weighted by atomic mass is 15.2. The van der Waals surface area contributed by atoms with Crippen LogP contribution in [0.4, 0.5) is 28.4 Å². The van der Waals surface area contributed by atoms with Gasteiger partial charge in [-0.25, -0.2) is 0 Å². The van der Waals surface area contributed by atoms with Gasteiger partial charge in [0.1, 0.15) is 0 Å². The third kappa shape index (κ3) is 9.96. The molecule has 0 heterocycles. The van der Waals surface area contributed by atoms with Crippen LogP contribution in [-0.4, -0.2) is 6.04 Å². The van der Waals surface area contributed by atoms with E-state index in [9.17, 15) is 0 Å². The fraction of sp³-hybridized carbons (Fsp3) is 0.0222. The molecule has 0 saturated heterocycles. The molecule has 0 bridgehead atoms. The summed E-state index contributed by atoms with van der Waals surface area (Å²) in [7, 11) is 0. The van der Waals surface area contributed by atoms with Gasteiger partial charge in [0.2, 0.25) is 0 Å². The van der Waals surface area contributed by atoms with Gasteiger partial charge in [-0.05, 0) is 222 Å². The van der Waals surface area contributed by atoms with Crippen LogP contribution in [0.3, 0.4) is 0 Å². The molecule has 0 aliphatic heterocycles. The Hall–Kier alpha value is -11.8. The van der Waals surface area contributed by atoms with Crippen LogP contribution in [-0.2, 0) is 0 Å². The van der Waals surface area contributed by atoms with E-state index in [1.54, 1.807) is 0 Å². The van der Waals surface area contributed by atoms with Crippen molar-refractivity contribution in [1.82, 2.24) is 0 Å². The highest BCUT2D eigenvalue weighted by molar-refractivity contribution is 6.14. The maximum Gasteiger partial charge on any atom is 0.0566 e. The summed E-state index contributed by atoms with van der Waals surface area (Å²) in [4.78, 5) is 5.06. The predicted octanol–water partition coefficient (Wildman–Crippen LogP) is 23.1. The molecule has 0 N–H and O–H groups in total. The Bertz CT molecular complexity index is 5480. The van der Waals surface area contributed by atoms with Crippen molar-refractivity contribution in [1.29, 1.82) is 0 Å². The van der Waals surface area contributed by atoms with Gasteiger partial charge in [-0.15, -0.1) is 0 Å². The number of benzene rings is 16. The van der Waals surface area contributed by atoms with Gasteiger partial charge in [0.15, 0.2) is 0 Å². The smallest absolute Gasteiger partial charge is 0.0566 e. The second-order valence-electron chi connectivity index (χ2n) is 24.3. The standard InChI is InChI=1S/C90H62N2/c1-7-23-61(24-8-1)71-51-72(62-25-9-2-10-26-62)54-79(53-71)91(75-33-15-5-16-34-75)77-47-49-83-87(59-77)89(69-45-43-67-41-39-65-31-19-21-37-81(65)85(67)57-69)84-50-48-78(60-88(84)90(83)70-46-44-68-42-40-66-32-20-22-38-82(66)86(68)58-70)92(76-35-17-6-18-36-76)80-55-73(63-27-11-3-12-28-63)52-74(56-80)64-29-13-4-14-30-64/h1-47,49-60,78H,48H2. The second kappa shape index (κ2) is 23.3. The Labute approximate surface area is 536 Å². The van der Waals surface area contributed by atoms with E-state index in [2.05, 4.69) is 368 Å². The fourth-order valence-corrected chi connectivity index (χ4v) is 14.5. The van der Waals surface area contributed by atoms with Gasteiger partial charge < -0.3 is 9.80 Å². The van der Waals surface area contributed by atoms with E-state index in [0.717, 1.165) is 46.0 Å². The molecule has 17 rings (SSSR count). The summed E-state index contributed by atoms with van der Waals surface area (Å²) < 4.78 is 0. The van der Waals surface area contributed by atoms with E-state index in [1.807, 2.05) is 0 Å². The van der Waals surface area contributed by atoms with Gasteiger partial charge in [0.05, 0.1) is 6.04 Å². The molecule has 0 radical (unpaired) electrons. The van der Waals surface area contributed by atoms with Gasteiger partial charge in [-0.3, -0.25) is 0 Å². The molecule has 16 aromatic carbocycles. The monoisotopic (exact) mass is 1170 g/mol. The average Bonchev–Trinajstić information content (AvgIpc) is 0.722. The van der Waals surface area contributed by atoms with E-state index in [1.165, 1.54) is 120 Å². The van der Waals surface area contributed by atoms with Crippen LogP contribution in [0.1, 0.15) is 6.42 Å². The number of anilines is 5. The molecule has 1 aliphatic rings. The first-order valence-corrected chi connectivity index (χ1v) is 32.0. The summed E-state index contributed by atoms with van der Waals surface area (Å²) in [6.07, 6.45) is 5.94. The van der Waals surface area contributed by atoms with Gasteiger partial charge in [0.25, 0.3) is 0 Å². The van der Waals surface area contributed by atoms with Crippen molar-refractivity contribution in [3.8, 4) is 66.8 Å². The van der Waals surface area contributed by atoms with Crippen LogP contribution >= 0.6 is 0 Å². The lowest BCUT2D eigenvalue weighted by Crippen LogP contribution is -2.40. The molecule has 0 spiro atoms. The Morgan fingerprint density at radius 3 is 1.09 bits per heavy atom. The Morgan fingerprint density at radius 2 is 0.609 bits per heavy atom. The summed E-state index contributed by atoms with van der Waals surface area (Å²) in [5, 5.41) is 14.7. The summed E-state index contributed by atoms with van der Waals surface area (Å²) in [6.45, 7) is 0. The van der Waals surface area contributed by atoms with Gasteiger partial charge >= 0.3 is 0 Å². The van der Waals surface area contributed by atoms with Crippen LogP contribution in [0.25, 0.3) is 133 Å². The largest absolute Gasteiger partial charge is 0.334 e. The second-order valence-corrected chi connectivity index (χ2v) is 24.3. The minimum absolute atomic E-state index is 0.0889. The number of hydrogen-bond acceptors (Lipinski definition) is 2. The third-order valence-corrected chi connectivity index (χ3v) is 18.8. The van der Waals surface area contributed by atoms with E-state index in [0.29, 0.717) is 0 Å². The van der Waals surface area contributed by atoms with Crippen molar-refractivity contribution in [3.05, 3.63) is 356 Å². The zero-order valence-corrected chi connectivity index (χ0v) is 50.7. The first-order valence-electron chi connectivity index (χ1n) is 32.0. The average molecular weight is 1170 g/mol. The molecular weight excluding hydrogens is 1110 g/mol. The predicted molar refractivity (Wildman–Crippen MR) is 393 cm³/mol. The fourth-order valence-electron chi connectivity index (χ4n) is 14.5. The Balaban J connectivity index is 0.978. The SMILES string of the molecule is C1=c2c(-c3ccc4ccc5ccccc5c4c3)c3ccc(N(c4ccccc4)c4cc(-c5ccccc5)cc(-c5ccccc5)c4)cc3c(-c3ccc4ccc5ccccc5c4c3)c2=CCC1N(c1ccccc1)c1cc(-c2ccccc2)cc(-c2ccccc2)c1. The first-order chi connectivity index (χ1) is 45.6. The van der Waals surface area contributed by atoms with E-state index >= 15 is 0 Å². The molecule has 92 heavy (non-hydrogen) atoms. The molecule has 2 nitrogen and oxygen atoms in total. The van der Waals surface area contributed by atoms with Crippen LogP contribution in [0.15, 0.2) is 346 Å². The number of rotatable bonds is 12. The van der Waals surface area contributed by atoms with Crippen molar-refractivity contribution in [3.63, 3.8) is 0 Å². The quantitative estimate of drug-likeness (QED) is 0.113. The highest BCUT2D eigenvalue weighted by Crippen LogP contribution is 2.45. The Kier molecular flexibility index (Phi) is 13.7. The van der Waals surface area contributed by atoms with Crippen LogP contribution in [0.2, 0.25) is 0 Å². The van der Waals surface area contributed by atoms with E-state index in [-0.39, 0.29) is 6.04 Å². The molecule has 0 amide bonds. The van der Waals surface area contributed by atoms with Gasteiger partial charge in [0, 0.05) is 28.4 Å². The van der Waals surface area contributed by atoms with Crippen molar-refractivity contribution in [2.75, 3.05) is 9.80 Å². The topological polar surface area (TPSA) is 6.48 Å². The molecule has 1 aliphatic carbocycles. The van der Waals surface area contributed by atoms with Crippen LogP contribution in [0, 0.1) is 0 Å². The number of fused-ring (bicyclic) bond motifs is 8. The third-order valence-electron chi connectivity index (χ3n) is 18.8. The minimum atomic E-state index is -0.0889. The van der Waals surface area contributed by atoms with Crippen molar-refractivity contribution in [2.45, 2.75) is 12.5 Å². The zero-order chi connectivity index (χ0) is 60.9. The van der Waals surface area contributed by atoms with Gasteiger partial charge in [-0.1, -0.05) is 273 Å². The molecule has 16 aromatic rings. The summed E-state index contributed by atoms with van der Waals surface area (Å²) >= 11 is 0. The molecule has 1 unspecified atom stereocenters. The van der Waals surface area contributed by atoms with Crippen molar-refractivity contribution >= 4 is 94.5 Å². The van der Waals surface area contributed by atoms with Crippen molar-refractivity contribution < 1.29 is 0 Å². The molecule has 1 atom stereocenters. The zero-order valence-electron chi connectivity index (χ0n) is 50.7. The highest BCUT2D eigenvalue weighted by Gasteiger charge is 2.27. The molecule has 0 fully saturated rings. The van der Waals surface area contributed by atoms with Crippen molar-refractivity contribution in [2.24, 2.45) is 0 Å². The lowest BCUT2D eigenvalue weighted by atomic mass is 9.83. The Morgan fingerprint density at radius 1 is 0.217 bits per heavy atom. The molecule has 432 valence electrons. The summed E-state index contributed by atoms with van der Waals surface area (Å²) in [6, 6.07) is 128. The minimum Gasteiger partial charge on any atom is -0.334 e. The summed E-state index contributed by atoms with van der Waals surface area (Å²) in [5.74, 6) is 0. The van der Waals surface area contributed by atoms with Crippen LogP contribution < -0.4 is 20.2 Å². The lowest BCUT2D eigenvalue weighted by molar-refractivity contribution is 0.838. The normalized spacial score (nSPS) is 12.8. The van der Waals surface area contributed by atoms with E-state index in [4.69, 9.17) is 0 Å². The maximum absolute atomic E-state index is 2.62. The van der Waals surface area contributed by atoms with E-state index < -0.39 is 0 Å². The molecule has 0 saturated carbocycles. The maximum atomic E-state index is 2.62. The summed E-state index contributed by atoms with van der Waals surface area (Å²) in [5.41, 5.74) is 19.6. The number of hydrogen-bond donors (Lipinski definition) is 0. The number of nitrogens with zero attached hydrogens (tertiary/aromatic N) is 2.